The highest BCUT2D eigenvalue weighted by atomic mass is 16.5. The number of esters is 1. The molecular formula is C25H28N2O6. The number of allylic oxidation sites excluding steroid dienone is 4. The molecule has 1 aliphatic carbocycles. The van der Waals surface area contributed by atoms with Gasteiger partial charge < -0.3 is 19.1 Å². The van der Waals surface area contributed by atoms with Crippen molar-refractivity contribution in [1.82, 2.24) is 9.80 Å². The minimum atomic E-state index is -1.36. The maximum atomic E-state index is 13.9. The molecule has 0 bridgehead atoms. The Bertz CT molecular complexity index is 1110. The van der Waals surface area contributed by atoms with Crippen molar-refractivity contribution in [2.45, 2.75) is 45.2 Å². The molecule has 0 N–H and O–H groups in total. The number of carbonyl (C=O) groups is 3. The first-order valence-electron chi connectivity index (χ1n) is 11.4. The van der Waals surface area contributed by atoms with Gasteiger partial charge in [0.25, 0.3) is 5.91 Å². The summed E-state index contributed by atoms with van der Waals surface area (Å²) >= 11 is 0. The van der Waals surface area contributed by atoms with E-state index < -0.39 is 35.4 Å². The van der Waals surface area contributed by atoms with Crippen LogP contribution in [0.3, 0.4) is 0 Å². The van der Waals surface area contributed by atoms with E-state index in [1.54, 1.807) is 38.0 Å². The monoisotopic (exact) mass is 452 g/mol. The fourth-order valence-corrected chi connectivity index (χ4v) is 5.87. The van der Waals surface area contributed by atoms with Gasteiger partial charge in [0.2, 0.25) is 0 Å². The number of fused-ring (bicyclic) bond motifs is 5. The molecule has 0 radical (unpaired) electrons. The summed E-state index contributed by atoms with van der Waals surface area (Å²) in [6, 6.07) is 4.55. The summed E-state index contributed by atoms with van der Waals surface area (Å²) in [6.45, 7) is 5.78. The lowest BCUT2D eigenvalue weighted by molar-refractivity contribution is -0.155. The van der Waals surface area contributed by atoms with Gasteiger partial charge in [-0.3, -0.25) is 9.59 Å². The van der Waals surface area contributed by atoms with Gasteiger partial charge >= 0.3 is 12.0 Å². The Morgan fingerprint density at radius 3 is 2.79 bits per heavy atom. The van der Waals surface area contributed by atoms with Crippen molar-refractivity contribution in [2.75, 3.05) is 20.3 Å². The Kier molecular flexibility index (Phi) is 4.99. The molecule has 2 fully saturated rings. The van der Waals surface area contributed by atoms with Crippen LogP contribution in [0.1, 0.15) is 45.2 Å². The van der Waals surface area contributed by atoms with Gasteiger partial charge in [-0.2, -0.15) is 0 Å². The van der Waals surface area contributed by atoms with Crippen molar-refractivity contribution in [1.29, 1.82) is 0 Å². The number of methoxy groups -OCH3 is 1. The molecule has 1 aromatic rings. The van der Waals surface area contributed by atoms with Crippen LogP contribution in [-0.4, -0.2) is 53.6 Å². The molecule has 33 heavy (non-hydrogen) atoms. The summed E-state index contributed by atoms with van der Waals surface area (Å²) in [5.74, 6) is -0.857. The summed E-state index contributed by atoms with van der Waals surface area (Å²) in [5, 5.41) is 0. The van der Waals surface area contributed by atoms with E-state index in [0.717, 1.165) is 17.6 Å². The fourth-order valence-electron chi connectivity index (χ4n) is 5.87. The summed E-state index contributed by atoms with van der Waals surface area (Å²) in [6.07, 6.45) is 5.31. The first-order valence-corrected chi connectivity index (χ1v) is 11.4. The predicted molar refractivity (Wildman–Crippen MR) is 118 cm³/mol. The van der Waals surface area contributed by atoms with Crippen LogP contribution >= 0.6 is 0 Å². The quantitative estimate of drug-likeness (QED) is 0.513. The Hall–Kier alpha value is -3.29. The molecule has 4 atom stereocenters. The smallest absolute Gasteiger partial charge is 0.332 e. The van der Waals surface area contributed by atoms with E-state index >= 15 is 0 Å². The summed E-state index contributed by atoms with van der Waals surface area (Å²) in [7, 11) is 1.58. The number of hydrogen-bond acceptors (Lipinski definition) is 6. The van der Waals surface area contributed by atoms with Crippen molar-refractivity contribution >= 4 is 17.9 Å². The van der Waals surface area contributed by atoms with E-state index in [2.05, 4.69) is 6.08 Å². The Morgan fingerprint density at radius 1 is 1.30 bits per heavy atom. The highest BCUT2D eigenvalue weighted by Gasteiger charge is 2.72. The molecule has 0 saturated carbocycles. The van der Waals surface area contributed by atoms with E-state index in [0.29, 0.717) is 23.6 Å². The van der Waals surface area contributed by atoms with Gasteiger partial charge in [-0.1, -0.05) is 11.6 Å². The van der Waals surface area contributed by atoms with Gasteiger partial charge in [-0.15, -0.1) is 0 Å². The molecule has 1 aromatic carbocycles. The van der Waals surface area contributed by atoms with Crippen molar-refractivity contribution in [3.8, 4) is 11.5 Å². The second-order valence-corrected chi connectivity index (χ2v) is 9.12. The van der Waals surface area contributed by atoms with Crippen molar-refractivity contribution < 1.29 is 28.6 Å². The molecule has 3 heterocycles. The number of urea groups is 1. The number of rotatable bonds is 4. The molecule has 3 aliphatic heterocycles. The SMILES string of the molecule is CCOC(=O)[C@@H]1[C@H]2COc3cc(OC)ccc3[C@@H]2N2C(=O)N(C3=CC(C)=CCC3)C(=O)[C@@]12C. The minimum absolute atomic E-state index is 0.193. The van der Waals surface area contributed by atoms with E-state index in [1.165, 1.54) is 4.90 Å². The molecular weight excluding hydrogens is 424 g/mol. The Labute approximate surface area is 192 Å². The van der Waals surface area contributed by atoms with E-state index in [9.17, 15) is 14.4 Å². The van der Waals surface area contributed by atoms with Crippen LogP contribution in [0.15, 0.2) is 41.6 Å². The van der Waals surface area contributed by atoms with Crippen LogP contribution in [0, 0.1) is 11.8 Å². The first-order chi connectivity index (χ1) is 15.8. The highest BCUT2D eigenvalue weighted by Crippen LogP contribution is 2.59. The third-order valence-corrected chi connectivity index (χ3v) is 7.31. The van der Waals surface area contributed by atoms with Crippen LogP contribution in [0.25, 0.3) is 0 Å². The van der Waals surface area contributed by atoms with Gasteiger partial charge in [0.05, 0.1) is 32.3 Å². The first kappa shape index (κ1) is 21.6. The van der Waals surface area contributed by atoms with Gasteiger partial charge in [0, 0.05) is 23.2 Å². The standard InChI is InChI=1S/C25H28N2O6/c1-5-32-22(28)20-18-13-33-19-12-16(31-4)9-10-17(19)21(18)27-24(30)26(23(29)25(20,27)3)15-8-6-7-14(2)11-15/h7,9-12,18,20-21H,5-6,8,13H2,1-4H3/t18-,20+,21+,25-/m1/s1. The Morgan fingerprint density at radius 2 is 2.09 bits per heavy atom. The molecule has 0 aromatic heterocycles. The molecule has 0 unspecified atom stereocenters. The average molecular weight is 453 g/mol. The lowest BCUT2D eigenvalue weighted by Crippen LogP contribution is -2.51. The third-order valence-electron chi connectivity index (χ3n) is 7.31. The minimum Gasteiger partial charge on any atom is -0.497 e. The van der Waals surface area contributed by atoms with Crippen LogP contribution in [-0.2, 0) is 14.3 Å². The zero-order chi connectivity index (χ0) is 23.5. The predicted octanol–water partition coefficient (Wildman–Crippen LogP) is 3.58. The third kappa shape index (κ3) is 2.92. The number of ether oxygens (including phenoxy) is 3. The molecule has 5 rings (SSSR count). The molecule has 0 spiro atoms. The number of nitrogens with zero attached hydrogens (tertiary/aromatic N) is 2. The lowest BCUT2D eigenvalue weighted by Gasteiger charge is -2.34. The maximum Gasteiger partial charge on any atom is 0.332 e. The number of hydrogen-bond donors (Lipinski definition) is 0. The number of carbonyl (C=O) groups excluding carboxylic acids is 3. The molecule has 4 aliphatic rings. The molecule has 3 amide bonds. The number of benzene rings is 1. The van der Waals surface area contributed by atoms with Gasteiger partial charge in [0.1, 0.15) is 17.0 Å². The fraction of sp³-hybridized carbons (Fsp3) is 0.480. The van der Waals surface area contributed by atoms with Crippen LogP contribution in [0.5, 0.6) is 11.5 Å². The van der Waals surface area contributed by atoms with Gasteiger partial charge in [-0.25, -0.2) is 9.69 Å². The zero-order valence-electron chi connectivity index (χ0n) is 19.3. The lowest BCUT2D eigenvalue weighted by atomic mass is 9.77. The van der Waals surface area contributed by atoms with Crippen molar-refractivity contribution in [3.63, 3.8) is 0 Å². The maximum absolute atomic E-state index is 13.9. The normalized spacial score (nSPS) is 30.1. The second-order valence-electron chi connectivity index (χ2n) is 9.12. The highest BCUT2D eigenvalue weighted by molar-refractivity contribution is 6.11. The summed E-state index contributed by atoms with van der Waals surface area (Å²) in [4.78, 5) is 43.9. The van der Waals surface area contributed by atoms with E-state index in [-0.39, 0.29) is 19.1 Å². The molecule has 2 saturated heterocycles. The average Bonchev–Trinajstić information content (AvgIpc) is 3.18. The van der Waals surface area contributed by atoms with Gasteiger partial charge in [0.15, 0.2) is 0 Å². The molecule has 174 valence electrons. The number of amides is 3. The van der Waals surface area contributed by atoms with Gasteiger partial charge in [-0.05, 0) is 51.8 Å². The largest absolute Gasteiger partial charge is 0.497 e. The van der Waals surface area contributed by atoms with Crippen LogP contribution < -0.4 is 9.47 Å². The second kappa shape index (κ2) is 7.64. The summed E-state index contributed by atoms with van der Waals surface area (Å²) < 4.78 is 16.7. The Balaban J connectivity index is 1.65. The molecule has 8 nitrogen and oxygen atoms in total. The van der Waals surface area contributed by atoms with Crippen LogP contribution in [0.2, 0.25) is 0 Å². The van der Waals surface area contributed by atoms with Crippen molar-refractivity contribution in [3.05, 3.63) is 47.2 Å². The molecule has 8 heteroatoms. The van der Waals surface area contributed by atoms with Crippen LogP contribution in [0.4, 0.5) is 4.79 Å². The number of imide groups is 1. The summed E-state index contributed by atoms with van der Waals surface area (Å²) in [5.41, 5.74) is 1.08. The van der Waals surface area contributed by atoms with E-state index in [4.69, 9.17) is 14.2 Å². The van der Waals surface area contributed by atoms with Crippen molar-refractivity contribution in [2.24, 2.45) is 11.8 Å². The zero-order valence-corrected chi connectivity index (χ0v) is 19.3. The topological polar surface area (TPSA) is 85.4 Å². The van der Waals surface area contributed by atoms with E-state index in [1.807, 2.05) is 19.1 Å².